The van der Waals surface area contributed by atoms with Crippen molar-refractivity contribution in [2.75, 3.05) is 37.9 Å². The van der Waals surface area contributed by atoms with Crippen LogP contribution in [0.5, 0.6) is 5.88 Å². The second-order valence-electron chi connectivity index (χ2n) is 7.47. The minimum absolute atomic E-state index is 0.0614. The second-order valence-corrected chi connectivity index (χ2v) is 9.45. The Hall–Kier alpha value is -1.70. The molecule has 0 aliphatic carbocycles. The molecular formula is C16H23F3N4O5S. The lowest BCUT2D eigenvalue weighted by molar-refractivity contribution is -0.140. The molecule has 2 aliphatic rings. The van der Waals surface area contributed by atoms with Crippen LogP contribution in [-0.2, 0) is 20.9 Å². The SMILES string of the molecule is CC1(O)COCC1Oc1nc(NC2CCN(S(C)(=O)=O)CC2)ncc1C(F)(F)F. The van der Waals surface area contributed by atoms with Crippen molar-refractivity contribution in [2.45, 2.75) is 43.7 Å². The molecule has 1 aromatic rings. The maximum atomic E-state index is 13.3. The van der Waals surface area contributed by atoms with E-state index >= 15 is 0 Å². The largest absolute Gasteiger partial charge is 0.468 e. The average Bonchev–Trinajstić information content (AvgIpc) is 2.92. The van der Waals surface area contributed by atoms with Crippen LogP contribution in [0.25, 0.3) is 0 Å². The van der Waals surface area contributed by atoms with Gasteiger partial charge in [0.2, 0.25) is 21.9 Å². The maximum absolute atomic E-state index is 13.3. The molecule has 0 radical (unpaired) electrons. The van der Waals surface area contributed by atoms with Gasteiger partial charge >= 0.3 is 6.18 Å². The van der Waals surface area contributed by atoms with Gasteiger partial charge in [0.1, 0.15) is 11.2 Å². The zero-order chi connectivity index (χ0) is 21.4. The monoisotopic (exact) mass is 440 g/mol. The number of nitrogens with one attached hydrogen (secondary N) is 1. The lowest BCUT2D eigenvalue weighted by Crippen LogP contribution is -2.42. The highest BCUT2D eigenvalue weighted by atomic mass is 32.2. The summed E-state index contributed by atoms with van der Waals surface area (Å²) in [6.07, 6.45) is -3.08. The van der Waals surface area contributed by atoms with E-state index in [1.165, 1.54) is 11.2 Å². The van der Waals surface area contributed by atoms with Gasteiger partial charge < -0.3 is 19.9 Å². The molecule has 1 aromatic heterocycles. The van der Waals surface area contributed by atoms with Gasteiger partial charge in [0.15, 0.2) is 6.10 Å². The second kappa shape index (κ2) is 7.85. The normalized spacial score (nSPS) is 27.2. The van der Waals surface area contributed by atoms with Gasteiger partial charge in [-0.1, -0.05) is 0 Å². The fraction of sp³-hybridized carbons (Fsp3) is 0.750. The molecule has 3 rings (SSSR count). The van der Waals surface area contributed by atoms with E-state index in [9.17, 15) is 26.7 Å². The van der Waals surface area contributed by atoms with Crippen LogP contribution >= 0.6 is 0 Å². The van der Waals surface area contributed by atoms with Crippen LogP contribution in [0, 0.1) is 0 Å². The van der Waals surface area contributed by atoms with E-state index in [0.29, 0.717) is 32.1 Å². The fourth-order valence-electron chi connectivity index (χ4n) is 3.18. The van der Waals surface area contributed by atoms with E-state index in [2.05, 4.69) is 15.3 Å². The number of rotatable bonds is 5. The number of alkyl halides is 3. The summed E-state index contributed by atoms with van der Waals surface area (Å²) in [5, 5.41) is 13.1. The summed E-state index contributed by atoms with van der Waals surface area (Å²) in [5.41, 5.74) is -2.60. The quantitative estimate of drug-likeness (QED) is 0.693. The van der Waals surface area contributed by atoms with Gasteiger partial charge in [-0.05, 0) is 19.8 Å². The first kappa shape index (κ1) is 22.0. The lowest BCUT2D eigenvalue weighted by Gasteiger charge is -2.30. The molecule has 0 aromatic carbocycles. The van der Waals surface area contributed by atoms with Crippen LogP contribution in [0.15, 0.2) is 6.20 Å². The Bertz CT molecular complexity index is 841. The lowest BCUT2D eigenvalue weighted by atomic mass is 10.0. The first-order chi connectivity index (χ1) is 13.4. The predicted octanol–water partition coefficient (Wildman–Crippen LogP) is 0.860. The zero-order valence-corrected chi connectivity index (χ0v) is 16.8. The van der Waals surface area contributed by atoms with E-state index in [-0.39, 0.29) is 25.2 Å². The molecule has 29 heavy (non-hydrogen) atoms. The van der Waals surface area contributed by atoms with Gasteiger partial charge in [-0.25, -0.2) is 17.7 Å². The Kier molecular flexibility index (Phi) is 5.96. The number of ether oxygens (including phenoxy) is 2. The van der Waals surface area contributed by atoms with Crippen molar-refractivity contribution in [3.8, 4) is 5.88 Å². The van der Waals surface area contributed by atoms with E-state index in [1.54, 1.807) is 0 Å². The molecule has 2 unspecified atom stereocenters. The summed E-state index contributed by atoms with van der Waals surface area (Å²) < 4.78 is 74.9. The van der Waals surface area contributed by atoms with Gasteiger partial charge in [-0.15, -0.1) is 0 Å². The minimum Gasteiger partial charge on any atom is -0.468 e. The van der Waals surface area contributed by atoms with Crippen LogP contribution in [0.4, 0.5) is 19.1 Å². The number of nitrogens with zero attached hydrogens (tertiary/aromatic N) is 3. The molecule has 13 heteroatoms. The molecule has 2 aliphatic heterocycles. The molecule has 0 bridgehead atoms. The molecule has 2 N–H and O–H groups in total. The Balaban J connectivity index is 1.75. The highest BCUT2D eigenvalue weighted by molar-refractivity contribution is 7.88. The minimum atomic E-state index is -4.74. The Morgan fingerprint density at radius 1 is 1.38 bits per heavy atom. The number of hydrogen-bond acceptors (Lipinski definition) is 8. The fourth-order valence-corrected chi connectivity index (χ4v) is 4.05. The van der Waals surface area contributed by atoms with Crippen molar-refractivity contribution in [2.24, 2.45) is 0 Å². The van der Waals surface area contributed by atoms with Gasteiger partial charge in [-0.2, -0.15) is 18.2 Å². The summed E-state index contributed by atoms with van der Waals surface area (Å²) in [7, 11) is -3.28. The first-order valence-electron chi connectivity index (χ1n) is 8.99. The number of aromatic nitrogens is 2. The van der Waals surface area contributed by atoms with E-state index in [0.717, 1.165) is 6.26 Å². The van der Waals surface area contributed by atoms with Crippen molar-refractivity contribution < 1.29 is 36.2 Å². The third kappa shape index (κ3) is 5.27. The summed E-state index contributed by atoms with van der Waals surface area (Å²) in [4.78, 5) is 7.60. The molecular weight excluding hydrogens is 417 g/mol. The summed E-state index contributed by atoms with van der Waals surface area (Å²) in [5.74, 6) is -0.760. The van der Waals surface area contributed by atoms with Crippen molar-refractivity contribution in [3.05, 3.63) is 11.8 Å². The number of aliphatic hydroxyl groups is 1. The molecule has 164 valence electrons. The van der Waals surface area contributed by atoms with E-state index in [4.69, 9.17) is 9.47 Å². The molecule has 9 nitrogen and oxygen atoms in total. The van der Waals surface area contributed by atoms with Crippen LogP contribution < -0.4 is 10.1 Å². The van der Waals surface area contributed by atoms with Gasteiger partial charge in [0, 0.05) is 25.3 Å². The third-order valence-electron chi connectivity index (χ3n) is 4.93. The molecule has 0 saturated carbocycles. The highest BCUT2D eigenvalue weighted by Crippen LogP contribution is 2.37. The Morgan fingerprint density at radius 2 is 2.03 bits per heavy atom. The molecule has 2 fully saturated rings. The van der Waals surface area contributed by atoms with Gasteiger partial charge in [0.05, 0.1) is 19.5 Å². The zero-order valence-electron chi connectivity index (χ0n) is 15.9. The number of anilines is 1. The van der Waals surface area contributed by atoms with Gasteiger partial charge in [-0.3, -0.25) is 0 Å². The molecule has 2 saturated heterocycles. The number of piperidine rings is 1. The number of halogens is 3. The molecule has 0 spiro atoms. The average molecular weight is 440 g/mol. The standard InChI is InChI=1S/C16H23F3N4O5S/c1-15(24)9-27-8-12(15)28-13-11(16(17,18)19)7-20-14(22-13)21-10-3-5-23(6-4-10)29(2,25)26/h7,10,12,24H,3-6,8-9H2,1-2H3,(H,20,21,22). The van der Waals surface area contributed by atoms with Gasteiger partial charge in [0.25, 0.3) is 0 Å². The summed E-state index contributed by atoms with van der Waals surface area (Å²) in [6, 6.07) is -0.199. The topological polar surface area (TPSA) is 114 Å². The summed E-state index contributed by atoms with van der Waals surface area (Å²) in [6.45, 7) is 1.87. The Labute approximate surface area is 166 Å². The number of hydrogen-bond donors (Lipinski definition) is 2. The number of sulfonamides is 1. The van der Waals surface area contributed by atoms with E-state index in [1.807, 2.05) is 0 Å². The maximum Gasteiger partial charge on any atom is 0.423 e. The molecule has 3 heterocycles. The predicted molar refractivity (Wildman–Crippen MR) is 96.0 cm³/mol. The van der Waals surface area contributed by atoms with E-state index < -0.39 is 39.3 Å². The Morgan fingerprint density at radius 3 is 2.55 bits per heavy atom. The smallest absolute Gasteiger partial charge is 0.423 e. The van der Waals surface area contributed by atoms with Crippen molar-refractivity contribution in [1.82, 2.24) is 14.3 Å². The van der Waals surface area contributed by atoms with Crippen molar-refractivity contribution in [3.63, 3.8) is 0 Å². The van der Waals surface area contributed by atoms with Crippen molar-refractivity contribution >= 4 is 16.0 Å². The van der Waals surface area contributed by atoms with Crippen molar-refractivity contribution in [1.29, 1.82) is 0 Å². The summed E-state index contributed by atoms with van der Waals surface area (Å²) >= 11 is 0. The molecule has 2 atom stereocenters. The highest BCUT2D eigenvalue weighted by Gasteiger charge is 2.43. The van der Waals surface area contributed by atoms with Crippen LogP contribution in [0.1, 0.15) is 25.3 Å². The van der Waals surface area contributed by atoms with Crippen LogP contribution in [-0.4, -0.2) is 78.1 Å². The third-order valence-corrected chi connectivity index (χ3v) is 6.23. The van der Waals surface area contributed by atoms with Crippen LogP contribution in [0.2, 0.25) is 0 Å². The van der Waals surface area contributed by atoms with Crippen LogP contribution in [0.3, 0.4) is 0 Å². The first-order valence-corrected chi connectivity index (χ1v) is 10.8. The molecule has 0 amide bonds.